The third-order valence-electron chi connectivity index (χ3n) is 10.5. The van der Waals surface area contributed by atoms with Gasteiger partial charge in [-0.3, -0.25) is 4.84 Å². The van der Waals surface area contributed by atoms with Gasteiger partial charge in [-0.05, 0) is 107 Å². The maximum absolute atomic E-state index is 12.8. The van der Waals surface area contributed by atoms with E-state index < -0.39 is 0 Å². The highest BCUT2D eigenvalue weighted by Crippen LogP contribution is 2.66. The maximum atomic E-state index is 12.8. The number of hydrogen-bond acceptors (Lipinski definition) is 5. The second-order valence-corrected chi connectivity index (χ2v) is 12.5. The van der Waals surface area contributed by atoms with Gasteiger partial charge in [0.25, 0.3) is 0 Å². The quantitative estimate of drug-likeness (QED) is 0.157. The van der Waals surface area contributed by atoms with Crippen molar-refractivity contribution in [2.75, 3.05) is 19.6 Å². The lowest BCUT2D eigenvalue weighted by Crippen LogP contribution is -2.51. The minimum atomic E-state index is -0.348. The average Bonchev–Trinajstić information content (AvgIpc) is 3.17. The van der Waals surface area contributed by atoms with Gasteiger partial charge in [-0.1, -0.05) is 37.6 Å². The molecule has 1 amide bonds. The Hall–Kier alpha value is -1.40. The molecule has 0 bridgehead atoms. The van der Waals surface area contributed by atoms with Crippen molar-refractivity contribution in [3.8, 4) is 0 Å². The van der Waals surface area contributed by atoms with Crippen LogP contribution in [0.2, 0.25) is 0 Å². The molecule has 3 saturated carbocycles. The van der Waals surface area contributed by atoms with Crippen LogP contribution in [-0.2, 0) is 4.84 Å². The Kier molecular flexibility index (Phi) is 8.02. The van der Waals surface area contributed by atoms with E-state index in [9.17, 15) is 9.90 Å². The van der Waals surface area contributed by atoms with Gasteiger partial charge in [0.15, 0.2) is 0 Å². The summed E-state index contributed by atoms with van der Waals surface area (Å²) in [7, 11) is 0. The van der Waals surface area contributed by atoms with Crippen molar-refractivity contribution < 1.29 is 14.7 Å². The van der Waals surface area contributed by atoms with E-state index in [1.807, 2.05) is 13.8 Å². The molecule has 0 heterocycles. The van der Waals surface area contributed by atoms with E-state index in [0.717, 1.165) is 56.3 Å². The fraction of sp³-hybridized carbons (Fsp3) is 0.862. The lowest BCUT2D eigenvalue weighted by molar-refractivity contribution is -0.0479. The second kappa shape index (κ2) is 10.5. The lowest BCUT2D eigenvalue weighted by Gasteiger charge is -2.58. The van der Waals surface area contributed by atoms with Gasteiger partial charge < -0.3 is 15.3 Å². The standard InChI is InChI=1S/C29H49N3O3/c1-7-30-16-17-32(19(2)3)27(34)35-31-20(4)24-10-11-25-23-9-8-21-18-22(33)12-14-28(21,5)26(23)13-15-29(24,25)6/h18-19,22-26,30,33H,7-17H2,1-6H3/b31-20+/t22-,23+,24-,25+,26+,28+,29-/m1/s1. The van der Waals surface area contributed by atoms with Crippen molar-refractivity contribution in [2.24, 2.45) is 39.7 Å². The first-order valence-electron chi connectivity index (χ1n) is 14.2. The molecular formula is C29H49N3O3. The molecule has 0 aromatic heterocycles. The van der Waals surface area contributed by atoms with Crippen LogP contribution in [0.1, 0.15) is 92.9 Å². The SMILES string of the molecule is CCNCCN(C(=O)O/N=C(\C)[C@H]1CC[C@H]2[C@@H]3CCC4=C[C@H](O)CC[C@]4(C)[C@H]3CC[C@]12C)C(C)C. The molecule has 2 N–H and O–H groups in total. The van der Waals surface area contributed by atoms with Gasteiger partial charge in [-0.2, -0.15) is 0 Å². The van der Waals surface area contributed by atoms with Gasteiger partial charge in [-0.25, -0.2) is 4.79 Å². The normalized spacial score (nSPS) is 38.9. The van der Waals surface area contributed by atoms with Crippen LogP contribution in [0.5, 0.6) is 0 Å². The van der Waals surface area contributed by atoms with Crippen LogP contribution in [-0.4, -0.2) is 53.6 Å². The van der Waals surface area contributed by atoms with E-state index in [2.05, 4.69) is 44.2 Å². The van der Waals surface area contributed by atoms with Crippen molar-refractivity contribution >= 4 is 11.8 Å². The summed E-state index contributed by atoms with van der Waals surface area (Å²) in [4.78, 5) is 20.1. The summed E-state index contributed by atoms with van der Waals surface area (Å²) in [5, 5.41) is 17.9. The van der Waals surface area contributed by atoms with E-state index in [4.69, 9.17) is 4.84 Å². The minimum Gasteiger partial charge on any atom is -0.389 e. The predicted molar refractivity (Wildman–Crippen MR) is 141 cm³/mol. The van der Waals surface area contributed by atoms with Crippen LogP contribution in [0.3, 0.4) is 0 Å². The highest BCUT2D eigenvalue weighted by atomic mass is 16.7. The fourth-order valence-corrected chi connectivity index (χ4v) is 8.56. The number of hydrogen-bond donors (Lipinski definition) is 2. The van der Waals surface area contributed by atoms with E-state index in [1.54, 1.807) is 4.90 Å². The van der Waals surface area contributed by atoms with Crippen molar-refractivity contribution in [3.63, 3.8) is 0 Å². The Morgan fingerprint density at radius 3 is 2.69 bits per heavy atom. The van der Waals surface area contributed by atoms with Crippen LogP contribution >= 0.6 is 0 Å². The Bertz CT molecular complexity index is 839. The molecule has 7 atom stereocenters. The molecule has 0 radical (unpaired) electrons. The number of aliphatic hydroxyl groups is 1. The van der Waals surface area contributed by atoms with E-state index >= 15 is 0 Å². The second-order valence-electron chi connectivity index (χ2n) is 12.5. The number of carbonyl (C=O) groups excluding carboxylic acids is 1. The van der Waals surface area contributed by atoms with Crippen molar-refractivity contribution in [1.29, 1.82) is 0 Å². The number of likely N-dealkylation sites (N-methyl/N-ethyl adjacent to an activating group) is 1. The average molecular weight is 488 g/mol. The molecule has 198 valence electrons. The Morgan fingerprint density at radius 1 is 1.20 bits per heavy atom. The number of fused-ring (bicyclic) bond motifs is 5. The summed E-state index contributed by atoms with van der Waals surface area (Å²) in [6.45, 7) is 15.4. The van der Waals surface area contributed by atoms with Crippen LogP contribution in [0.4, 0.5) is 4.79 Å². The molecule has 0 spiro atoms. The van der Waals surface area contributed by atoms with E-state index in [1.165, 1.54) is 31.3 Å². The fourth-order valence-electron chi connectivity index (χ4n) is 8.56. The summed E-state index contributed by atoms with van der Waals surface area (Å²) < 4.78 is 0. The molecule has 4 rings (SSSR count). The summed E-state index contributed by atoms with van der Waals surface area (Å²) in [5.74, 6) is 2.59. The number of nitrogens with zero attached hydrogens (tertiary/aromatic N) is 2. The molecule has 0 aromatic carbocycles. The first kappa shape index (κ1) is 26.7. The number of oxime groups is 1. The predicted octanol–water partition coefficient (Wildman–Crippen LogP) is 5.76. The number of rotatable bonds is 7. The van der Waals surface area contributed by atoms with Gasteiger partial charge in [0.05, 0.1) is 11.8 Å². The van der Waals surface area contributed by atoms with Gasteiger partial charge in [0.1, 0.15) is 0 Å². The number of aliphatic hydroxyl groups excluding tert-OH is 1. The Balaban J connectivity index is 1.44. The van der Waals surface area contributed by atoms with Crippen LogP contribution < -0.4 is 5.32 Å². The summed E-state index contributed by atoms with van der Waals surface area (Å²) >= 11 is 0. The molecule has 35 heavy (non-hydrogen) atoms. The van der Waals surface area contributed by atoms with Gasteiger partial charge in [0, 0.05) is 25.0 Å². The molecule has 0 unspecified atom stereocenters. The molecule has 3 fully saturated rings. The van der Waals surface area contributed by atoms with Crippen LogP contribution in [0.15, 0.2) is 16.8 Å². The highest BCUT2D eigenvalue weighted by molar-refractivity contribution is 5.85. The van der Waals surface area contributed by atoms with E-state index in [-0.39, 0.29) is 29.1 Å². The Labute approximate surface area is 212 Å². The number of allylic oxidation sites excluding steroid dienone is 1. The molecule has 4 aliphatic rings. The number of amides is 1. The molecule has 0 aromatic rings. The largest absolute Gasteiger partial charge is 0.436 e. The van der Waals surface area contributed by atoms with Gasteiger partial charge in [-0.15, -0.1) is 0 Å². The molecule has 4 aliphatic carbocycles. The third-order valence-corrected chi connectivity index (χ3v) is 10.5. The van der Waals surface area contributed by atoms with Gasteiger partial charge in [0.2, 0.25) is 0 Å². The van der Waals surface area contributed by atoms with Crippen molar-refractivity contribution in [1.82, 2.24) is 10.2 Å². The van der Waals surface area contributed by atoms with Crippen LogP contribution in [0.25, 0.3) is 0 Å². The summed E-state index contributed by atoms with van der Waals surface area (Å²) in [5.41, 5.74) is 3.02. The molecule has 6 heteroatoms. The topological polar surface area (TPSA) is 74.2 Å². The molecular weight excluding hydrogens is 438 g/mol. The summed E-state index contributed by atoms with van der Waals surface area (Å²) in [6.07, 6.45) is 10.9. The first-order chi connectivity index (χ1) is 16.6. The Morgan fingerprint density at radius 2 is 1.97 bits per heavy atom. The zero-order valence-corrected chi connectivity index (χ0v) is 23.0. The molecule has 0 aliphatic heterocycles. The van der Waals surface area contributed by atoms with Gasteiger partial charge >= 0.3 is 6.09 Å². The zero-order valence-electron chi connectivity index (χ0n) is 23.0. The minimum absolute atomic E-state index is 0.0767. The number of nitrogens with one attached hydrogen (secondary N) is 1. The monoisotopic (exact) mass is 487 g/mol. The highest BCUT2D eigenvalue weighted by Gasteiger charge is 2.59. The number of carbonyl (C=O) groups is 1. The zero-order chi connectivity index (χ0) is 25.4. The molecule has 0 saturated heterocycles. The van der Waals surface area contributed by atoms with Crippen LogP contribution in [0, 0.1) is 34.5 Å². The van der Waals surface area contributed by atoms with Crippen molar-refractivity contribution in [3.05, 3.63) is 11.6 Å². The maximum Gasteiger partial charge on any atom is 0.436 e. The molecule has 6 nitrogen and oxygen atoms in total. The first-order valence-corrected chi connectivity index (χ1v) is 14.2. The summed E-state index contributed by atoms with van der Waals surface area (Å²) in [6, 6.07) is 0.0767. The van der Waals surface area contributed by atoms with E-state index in [0.29, 0.717) is 18.4 Å². The lowest BCUT2D eigenvalue weighted by atomic mass is 9.46. The third kappa shape index (κ3) is 4.94. The smallest absolute Gasteiger partial charge is 0.389 e. The van der Waals surface area contributed by atoms with Crippen molar-refractivity contribution in [2.45, 2.75) is 105 Å².